The van der Waals surface area contributed by atoms with Crippen LogP contribution in [0.25, 0.3) is 16.9 Å². The van der Waals surface area contributed by atoms with Crippen molar-refractivity contribution in [2.45, 2.75) is 4.90 Å². The highest BCUT2D eigenvalue weighted by molar-refractivity contribution is 7.98. The molecule has 0 spiro atoms. The number of aromatic nitrogens is 3. The molecule has 2 aromatic carbocycles. The Labute approximate surface area is 127 Å². The van der Waals surface area contributed by atoms with Crippen LogP contribution < -0.4 is 0 Å². The maximum Gasteiger partial charge on any atom is 0.191 e. The lowest BCUT2D eigenvalue weighted by Crippen LogP contribution is -1.99. The van der Waals surface area contributed by atoms with E-state index in [1.54, 1.807) is 16.4 Å². The molecule has 5 heteroatoms. The van der Waals surface area contributed by atoms with Gasteiger partial charge >= 0.3 is 0 Å². The first kappa shape index (κ1) is 13.4. The summed E-state index contributed by atoms with van der Waals surface area (Å²) in [5.74, 6) is 0. The molecule has 0 fully saturated rings. The zero-order chi connectivity index (χ0) is 14.7. The minimum absolute atomic E-state index is 0.329. The fourth-order valence-electron chi connectivity index (χ4n) is 2.14. The third kappa shape index (κ3) is 2.54. The predicted molar refractivity (Wildman–Crippen MR) is 83.3 cm³/mol. The van der Waals surface area contributed by atoms with E-state index in [-0.39, 0.29) is 0 Å². The Morgan fingerprint density at radius 1 is 1.10 bits per heavy atom. The van der Waals surface area contributed by atoms with Crippen LogP contribution in [0.5, 0.6) is 0 Å². The molecule has 21 heavy (non-hydrogen) atoms. The average molecular weight is 292 g/mol. The first-order valence-corrected chi connectivity index (χ1v) is 7.61. The lowest BCUT2D eigenvalue weighted by atomic mass is 10.1. The SMILES string of the molecule is CSc1cccc(-n2nnc(C#N)c2-c2ccccc2)c1. The van der Waals surface area contributed by atoms with E-state index >= 15 is 0 Å². The first-order valence-electron chi connectivity index (χ1n) is 6.39. The molecule has 1 aromatic heterocycles. The first-order chi connectivity index (χ1) is 10.3. The molecule has 0 saturated carbocycles. The van der Waals surface area contributed by atoms with Gasteiger partial charge in [-0.1, -0.05) is 41.6 Å². The van der Waals surface area contributed by atoms with Crippen molar-refractivity contribution in [1.29, 1.82) is 5.26 Å². The molecule has 0 N–H and O–H groups in total. The van der Waals surface area contributed by atoms with Crippen molar-refractivity contribution in [2.75, 3.05) is 6.26 Å². The van der Waals surface area contributed by atoms with Crippen molar-refractivity contribution in [3.8, 4) is 23.0 Å². The fraction of sp³-hybridized carbons (Fsp3) is 0.0625. The second-order valence-corrected chi connectivity index (χ2v) is 5.26. The van der Waals surface area contributed by atoms with E-state index in [9.17, 15) is 5.26 Å². The standard InChI is InChI=1S/C16H12N4S/c1-21-14-9-5-8-13(10-14)20-16(15(11-17)18-19-20)12-6-3-2-4-7-12/h2-10H,1H3. The average Bonchev–Trinajstić information content (AvgIpc) is 2.99. The van der Waals surface area contributed by atoms with Gasteiger partial charge in [0.25, 0.3) is 0 Å². The van der Waals surface area contributed by atoms with Gasteiger partial charge in [0, 0.05) is 10.5 Å². The summed E-state index contributed by atoms with van der Waals surface area (Å²) in [6.45, 7) is 0. The third-order valence-corrected chi connectivity index (χ3v) is 3.85. The van der Waals surface area contributed by atoms with Crippen LogP contribution >= 0.6 is 11.8 Å². The topological polar surface area (TPSA) is 54.5 Å². The molecule has 0 aliphatic heterocycles. The fourth-order valence-corrected chi connectivity index (χ4v) is 2.59. The van der Waals surface area contributed by atoms with Crippen LogP contribution in [0.15, 0.2) is 59.5 Å². The van der Waals surface area contributed by atoms with Crippen molar-refractivity contribution in [3.05, 3.63) is 60.3 Å². The number of thioether (sulfide) groups is 1. The van der Waals surface area contributed by atoms with E-state index in [1.165, 1.54) is 0 Å². The Hall–Kier alpha value is -2.58. The predicted octanol–water partition coefficient (Wildman–Crippen LogP) is 3.53. The molecule has 3 aromatic rings. The summed E-state index contributed by atoms with van der Waals surface area (Å²) in [5, 5.41) is 17.4. The Morgan fingerprint density at radius 2 is 1.90 bits per heavy atom. The molecule has 0 aliphatic carbocycles. The molecule has 0 bridgehead atoms. The molecule has 3 rings (SSSR count). The molecule has 0 amide bonds. The van der Waals surface area contributed by atoms with E-state index in [0.717, 1.165) is 21.8 Å². The Balaban J connectivity index is 2.20. The monoisotopic (exact) mass is 292 g/mol. The molecular weight excluding hydrogens is 280 g/mol. The molecule has 0 aliphatic rings. The second-order valence-electron chi connectivity index (χ2n) is 4.38. The van der Waals surface area contributed by atoms with Gasteiger partial charge in [-0.3, -0.25) is 0 Å². The summed E-state index contributed by atoms with van der Waals surface area (Å²) < 4.78 is 1.72. The minimum Gasteiger partial charge on any atom is -0.211 e. The van der Waals surface area contributed by atoms with Crippen LogP contribution in [0, 0.1) is 11.3 Å². The van der Waals surface area contributed by atoms with E-state index in [1.807, 2.05) is 60.9 Å². The highest BCUT2D eigenvalue weighted by atomic mass is 32.2. The van der Waals surface area contributed by atoms with Crippen LogP contribution in [-0.4, -0.2) is 21.2 Å². The van der Waals surface area contributed by atoms with Crippen LogP contribution in [-0.2, 0) is 0 Å². The number of nitriles is 1. The Bertz CT molecular complexity index is 803. The summed E-state index contributed by atoms with van der Waals surface area (Å²) in [6, 6.07) is 19.8. The van der Waals surface area contributed by atoms with Crippen molar-refractivity contribution in [1.82, 2.24) is 15.0 Å². The van der Waals surface area contributed by atoms with Gasteiger partial charge in [-0.15, -0.1) is 16.9 Å². The molecule has 0 saturated heterocycles. The Morgan fingerprint density at radius 3 is 2.62 bits per heavy atom. The lowest BCUT2D eigenvalue weighted by Gasteiger charge is -2.07. The van der Waals surface area contributed by atoms with Gasteiger partial charge in [0.2, 0.25) is 0 Å². The van der Waals surface area contributed by atoms with Gasteiger partial charge in [-0.2, -0.15) is 5.26 Å². The zero-order valence-electron chi connectivity index (χ0n) is 11.4. The zero-order valence-corrected chi connectivity index (χ0v) is 12.2. The molecule has 0 radical (unpaired) electrons. The molecule has 0 atom stereocenters. The number of benzene rings is 2. The highest BCUT2D eigenvalue weighted by Crippen LogP contribution is 2.26. The molecule has 1 heterocycles. The summed E-state index contributed by atoms with van der Waals surface area (Å²) in [4.78, 5) is 1.14. The van der Waals surface area contributed by atoms with Gasteiger partial charge in [0.15, 0.2) is 5.69 Å². The molecule has 102 valence electrons. The van der Waals surface area contributed by atoms with E-state index < -0.39 is 0 Å². The summed E-state index contributed by atoms with van der Waals surface area (Å²) in [5.41, 5.74) is 2.87. The maximum atomic E-state index is 9.27. The highest BCUT2D eigenvalue weighted by Gasteiger charge is 2.15. The normalized spacial score (nSPS) is 10.3. The van der Waals surface area contributed by atoms with Crippen molar-refractivity contribution in [2.24, 2.45) is 0 Å². The summed E-state index contributed by atoms with van der Waals surface area (Å²) in [6.07, 6.45) is 2.03. The van der Waals surface area contributed by atoms with Gasteiger partial charge in [-0.25, -0.2) is 4.68 Å². The number of nitrogens with zero attached hydrogens (tertiary/aromatic N) is 4. The number of rotatable bonds is 3. The number of hydrogen-bond donors (Lipinski definition) is 0. The van der Waals surface area contributed by atoms with Crippen LogP contribution in [0.3, 0.4) is 0 Å². The van der Waals surface area contributed by atoms with Crippen LogP contribution in [0.4, 0.5) is 0 Å². The molecule has 4 nitrogen and oxygen atoms in total. The van der Waals surface area contributed by atoms with Gasteiger partial charge in [0.05, 0.1) is 5.69 Å². The van der Waals surface area contributed by atoms with Crippen molar-refractivity contribution in [3.63, 3.8) is 0 Å². The largest absolute Gasteiger partial charge is 0.211 e. The van der Waals surface area contributed by atoms with Gasteiger partial charge in [-0.05, 0) is 24.5 Å². The number of hydrogen-bond acceptors (Lipinski definition) is 4. The molecule has 0 unspecified atom stereocenters. The van der Waals surface area contributed by atoms with E-state index in [4.69, 9.17) is 0 Å². The van der Waals surface area contributed by atoms with E-state index in [2.05, 4.69) is 16.4 Å². The van der Waals surface area contributed by atoms with Crippen molar-refractivity contribution >= 4 is 11.8 Å². The minimum atomic E-state index is 0.329. The quantitative estimate of drug-likeness (QED) is 0.693. The maximum absolute atomic E-state index is 9.27. The van der Waals surface area contributed by atoms with Crippen LogP contribution in [0.1, 0.15) is 5.69 Å². The van der Waals surface area contributed by atoms with Gasteiger partial charge < -0.3 is 0 Å². The second kappa shape index (κ2) is 5.81. The van der Waals surface area contributed by atoms with E-state index in [0.29, 0.717) is 5.69 Å². The smallest absolute Gasteiger partial charge is 0.191 e. The molecular formula is C16H12N4S. The van der Waals surface area contributed by atoms with Crippen LogP contribution in [0.2, 0.25) is 0 Å². The summed E-state index contributed by atoms with van der Waals surface area (Å²) >= 11 is 1.67. The third-order valence-electron chi connectivity index (χ3n) is 3.12. The van der Waals surface area contributed by atoms with Crippen molar-refractivity contribution < 1.29 is 0 Å². The Kier molecular flexibility index (Phi) is 3.71. The lowest BCUT2D eigenvalue weighted by molar-refractivity contribution is 0.805. The van der Waals surface area contributed by atoms with Gasteiger partial charge in [0.1, 0.15) is 11.8 Å². The summed E-state index contributed by atoms with van der Waals surface area (Å²) in [7, 11) is 0.